The summed E-state index contributed by atoms with van der Waals surface area (Å²) in [7, 11) is 0. The van der Waals surface area contributed by atoms with E-state index in [0.29, 0.717) is 5.58 Å². The van der Waals surface area contributed by atoms with Crippen molar-refractivity contribution in [3.8, 4) is 44.6 Å². The van der Waals surface area contributed by atoms with Crippen molar-refractivity contribution in [1.29, 1.82) is 0 Å². The molecular weight excluding hydrogens is 557 g/mol. The van der Waals surface area contributed by atoms with E-state index in [2.05, 4.69) is 125 Å². The molecule has 0 saturated heterocycles. The van der Waals surface area contributed by atoms with Crippen molar-refractivity contribution >= 4 is 53.6 Å². The fourth-order valence-electron chi connectivity index (χ4n) is 6.33. The summed E-state index contributed by atoms with van der Waals surface area (Å²) in [5, 5.41) is 3.60. The molecule has 0 saturated carbocycles. The maximum atomic E-state index is 6.24. The molecule has 0 aliphatic carbocycles. The van der Waals surface area contributed by atoms with Crippen LogP contribution in [-0.2, 0) is 0 Å². The molecule has 0 unspecified atom stereocenters. The van der Waals surface area contributed by atoms with E-state index in [0.717, 1.165) is 38.9 Å². The molecule has 9 rings (SSSR count). The predicted octanol–water partition coefficient (Wildman–Crippen LogP) is 11.4. The zero-order valence-electron chi connectivity index (χ0n) is 23.6. The molecule has 0 amide bonds. The first-order valence-corrected chi connectivity index (χ1v) is 15.5. The van der Waals surface area contributed by atoms with Gasteiger partial charge < -0.3 is 4.42 Å². The topological polar surface area (TPSA) is 38.9 Å². The number of nitrogens with zero attached hydrogens (tertiary/aromatic N) is 2. The van der Waals surface area contributed by atoms with Crippen molar-refractivity contribution < 1.29 is 4.42 Å². The number of rotatable bonds is 4. The minimum absolute atomic E-state index is 0.714. The predicted molar refractivity (Wildman–Crippen MR) is 184 cm³/mol. The Hall–Kier alpha value is -5.58. The highest BCUT2D eigenvalue weighted by Gasteiger charge is 2.16. The summed E-state index contributed by atoms with van der Waals surface area (Å²) in [6, 6.07) is 49.4. The van der Waals surface area contributed by atoms with E-state index in [-0.39, 0.29) is 0 Å². The van der Waals surface area contributed by atoms with Crippen LogP contribution in [-0.4, -0.2) is 9.97 Å². The molecule has 0 bridgehead atoms. The van der Waals surface area contributed by atoms with E-state index in [4.69, 9.17) is 4.42 Å². The fourth-order valence-corrected chi connectivity index (χ4v) is 7.71. The van der Waals surface area contributed by atoms with Crippen molar-refractivity contribution in [2.24, 2.45) is 0 Å². The molecule has 0 fully saturated rings. The number of aromatic nitrogens is 2. The van der Waals surface area contributed by atoms with Crippen LogP contribution in [0.15, 0.2) is 150 Å². The average molecular weight is 581 g/mol. The highest BCUT2D eigenvalue weighted by atomic mass is 32.1. The molecule has 44 heavy (non-hydrogen) atoms. The lowest BCUT2D eigenvalue weighted by molar-refractivity contribution is 0.667. The van der Waals surface area contributed by atoms with Crippen molar-refractivity contribution in [1.82, 2.24) is 9.97 Å². The normalized spacial score (nSPS) is 11.6. The first-order chi connectivity index (χ1) is 21.8. The van der Waals surface area contributed by atoms with Crippen molar-refractivity contribution in [2.75, 3.05) is 0 Å². The van der Waals surface area contributed by atoms with Gasteiger partial charge in [0.05, 0.1) is 0 Å². The quantitative estimate of drug-likeness (QED) is 0.208. The van der Waals surface area contributed by atoms with Gasteiger partial charge in [0.1, 0.15) is 23.1 Å². The van der Waals surface area contributed by atoms with Crippen LogP contribution in [0.4, 0.5) is 0 Å². The number of furan rings is 1. The number of hydrogen-bond donors (Lipinski definition) is 0. The molecule has 0 aliphatic heterocycles. The lowest BCUT2D eigenvalue weighted by Gasteiger charge is -2.09. The van der Waals surface area contributed by atoms with Crippen LogP contribution in [0.25, 0.3) is 86.9 Å². The fraction of sp³-hybridized carbons (Fsp3) is 0. The van der Waals surface area contributed by atoms with E-state index in [1.165, 1.54) is 42.4 Å². The standard InChI is InChI=1S/C40H24N2OS/c1-2-10-25(11-3-1)30-17-8-19-32-33-20-9-18-31(40(33)44-39(30)32)28-14-6-12-26(22-28)27-13-7-15-29(23-27)36-38-37(42-24-41-36)34-16-4-5-21-35(34)43-38/h1-24H. The van der Waals surface area contributed by atoms with Gasteiger partial charge in [0.2, 0.25) is 0 Å². The van der Waals surface area contributed by atoms with Crippen LogP contribution in [0.3, 0.4) is 0 Å². The molecule has 206 valence electrons. The molecule has 3 aromatic heterocycles. The molecule has 9 aromatic rings. The average Bonchev–Trinajstić information content (AvgIpc) is 3.67. The zero-order chi connectivity index (χ0) is 29.0. The monoisotopic (exact) mass is 580 g/mol. The molecule has 3 heterocycles. The van der Waals surface area contributed by atoms with Crippen LogP contribution < -0.4 is 0 Å². The molecule has 0 atom stereocenters. The van der Waals surface area contributed by atoms with E-state index < -0.39 is 0 Å². The van der Waals surface area contributed by atoms with Gasteiger partial charge in [-0.3, -0.25) is 0 Å². The molecular formula is C40H24N2OS. The number of thiophene rings is 1. The minimum Gasteiger partial charge on any atom is -0.452 e. The van der Waals surface area contributed by atoms with Gasteiger partial charge in [-0.1, -0.05) is 115 Å². The number of hydrogen-bond acceptors (Lipinski definition) is 4. The van der Waals surface area contributed by atoms with E-state index >= 15 is 0 Å². The number of para-hydroxylation sites is 1. The van der Waals surface area contributed by atoms with Crippen LogP contribution in [0, 0.1) is 0 Å². The van der Waals surface area contributed by atoms with Gasteiger partial charge in [-0.2, -0.15) is 0 Å². The summed E-state index contributed by atoms with van der Waals surface area (Å²) in [6.07, 6.45) is 1.63. The van der Waals surface area contributed by atoms with Crippen molar-refractivity contribution in [3.05, 3.63) is 146 Å². The Morgan fingerprint density at radius 1 is 0.455 bits per heavy atom. The molecule has 0 N–H and O–H groups in total. The first kappa shape index (κ1) is 25.0. The van der Waals surface area contributed by atoms with Gasteiger partial charge in [-0.05, 0) is 57.6 Å². The lowest BCUT2D eigenvalue weighted by atomic mass is 9.96. The van der Waals surface area contributed by atoms with Gasteiger partial charge in [0, 0.05) is 31.1 Å². The van der Waals surface area contributed by atoms with Crippen LogP contribution in [0.1, 0.15) is 0 Å². The molecule has 0 aliphatic rings. The maximum absolute atomic E-state index is 6.24. The maximum Gasteiger partial charge on any atom is 0.180 e. The Morgan fingerprint density at radius 2 is 1.02 bits per heavy atom. The second kappa shape index (κ2) is 10.0. The van der Waals surface area contributed by atoms with Gasteiger partial charge in [-0.15, -0.1) is 11.3 Å². The van der Waals surface area contributed by atoms with Gasteiger partial charge >= 0.3 is 0 Å². The second-order valence-electron chi connectivity index (χ2n) is 11.0. The summed E-state index contributed by atoms with van der Waals surface area (Å²) in [5.41, 5.74) is 11.4. The summed E-state index contributed by atoms with van der Waals surface area (Å²) in [6.45, 7) is 0. The summed E-state index contributed by atoms with van der Waals surface area (Å²) in [5.74, 6) is 0. The van der Waals surface area contributed by atoms with Crippen molar-refractivity contribution in [2.45, 2.75) is 0 Å². The van der Waals surface area contributed by atoms with Crippen molar-refractivity contribution in [3.63, 3.8) is 0 Å². The van der Waals surface area contributed by atoms with E-state index in [1.807, 2.05) is 35.6 Å². The zero-order valence-corrected chi connectivity index (χ0v) is 24.4. The van der Waals surface area contributed by atoms with Crippen LogP contribution >= 0.6 is 11.3 Å². The summed E-state index contributed by atoms with van der Waals surface area (Å²) in [4.78, 5) is 9.19. The second-order valence-corrected chi connectivity index (χ2v) is 12.0. The largest absolute Gasteiger partial charge is 0.452 e. The number of benzene rings is 6. The summed E-state index contributed by atoms with van der Waals surface area (Å²) < 4.78 is 8.87. The minimum atomic E-state index is 0.714. The van der Waals surface area contributed by atoms with Gasteiger partial charge in [-0.25, -0.2) is 9.97 Å². The molecule has 4 heteroatoms. The molecule has 3 nitrogen and oxygen atoms in total. The summed E-state index contributed by atoms with van der Waals surface area (Å²) >= 11 is 1.88. The third-order valence-corrected chi connectivity index (χ3v) is 9.70. The SMILES string of the molecule is c1ccc(-c2cccc3c2sc2c(-c4cccc(-c5cccc(-c6ncnc7c6oc6ccccc67)c5)c4)cccc23)cc1. The van der Waals surface area contributed by atoms with Gasteiger partial charge in [0.15, 0.2) is 5.58 Å². The molecule has 0 radical (unpaired) electrons. The molecule has 0 spiro atoms. The molecule has 6 aromatic carbocycles. The Balaban J connectivity index is 1.16. The highest BCUT2D eigenvalue weighted by molar-refractivity contribution is 7.26. The highest BCUT2D eigenvalue weighted by Crippen LogP contribution is 2.44. The van der Waals surface area contributed by atoms with E-state index in [9.17, 15) is 0 Å². The van der Waals surface area contributed by atoms with Crippen LogP contribution in [0.5, 0.6) is 0 Å². The van der Waals surface area contributed by atoms with Crippen LogP contribution in [0.2, 0.25) is 0 Å². The third-order valence-electron chi connectivity index (χ3n) is 8.41. The number of fused-ring (bicyclic) bond motifs is 6. The smallest absolute Gasteiger partial charge is 0.180 e. The Bertz CT molecular complexity index is 2510. The first-order valence-electron chi connectivity index (χ1n) is 14.6. The Kier molecular flexibility index (Phi) is 5.68. The Labute approximate surface area is 257 Å². The van der Waals surface area contributed by atoms with Gasteiger partial charge in [0.25, 0.3) is 0 Å². The van der Waals surface area contributed by atoms with E-state index in [1.54, 1.807) is 6.33 Å². The Morgan fingerprint density at radius 3 is 1.80 bits per heavy atom. The third kappa shape index (κ3) is 3.96. The lowest BCUT2D eigenvalue weighted by Crippen LogP contribution is -1.88.